The van der Waals surface area contributed by atoms with Crippen LogP contribution in [0.3, 0.4) is 0 Å². The van der Waals surface area contributed by atoms with Crippen LogP contribution < -0.4 is 0 Å². The van der Waals surface area contributed by atoms with E-state index in [0.717, 1.165) is 22.5 Å². The van der Waals surface area contributed by atoms with E-state index in [1.807, 2.05) is 61.8 Å². The average molecular weight is 669 g/mol. The van der Waals surface area contributed by atoms with E-state index in [0.29, 0.717) is 14.5 Å². The Bertz CT molecular complexity index is 1460. The first-order valence-corrected chi connectivity index (χ1v) is 12.0. The van der Waals surface area contributed by atoms with Crippen molar-refractivity contribution in [2.45, 2.75) is 6.92 Å². The summed E-state index contributed by atoms with van der Waals surface area (Å²) in [4.78, 5) is 12.9. The standard InChI is InChI=1S/C16H9N2Se.C12H10N.Ir/c1-2-6-15-12(5-1)13-8-14(18-10-16(13)19-15)11-4-3-7-17-9-11;1-10-7-8-12(13-9-10)11-5-3-2-4-6-11;/h1-8,10H;2-5,7-9H,1H3;/q2*-1;. The molecule has 0 N–H and O–H groups in total. The van der Waals surface area contributed by atoms with Crippen molar-refractivity contribution in [3.05, 3.63) is 115 Å². The Morgan fingerprint density at radius 1 is 0.727 bits per heavy atom. The van der Waals surface area contributed by atoms with Crippen molar-refractivity contribution in [1.29, 1.82) is 0 Å². The fourth-order valence-electron chi connectivity index (χ4n) is 3.43. The first-order valence-electron chi connectivity index (χ1n) is 10.3. The zero-order valence-electron chi connectivity index (χ0n) is 17.8. The maximum atomic E-state index is 4.55. The van der Waals surface area contributed by atoms with Gasteiger partial charge in [0.25, 0.3) is 0 Å². The first kappa shape index (κ1) is 23.2. The van der Waals surface area contributed by atoms with E-state index in [2.05, 4.69) is 63.6 Å². The van der Waals surface area contributed by atoms with Crippen LogP contribution in [0, 0.1) is 19.2 Å². The van der Waals surface area contributed by atoms with E-state index in [9.17, 15) is 0 Å². The molecule has 6 aromatic rings. The second-order valence-corrected chi connectivity index (χ2v) is 9.60. The van der Waals surface area contributed by atoms with Crippen LogP contribution in [0.25, 0.3) is 41.8 Å². The molecule has 0 aliphatic carbocycles. The summed E-state index contributed by atoms with van der Waals surface area (Å²) in [7, 11) is 0. The van der Waals surface area contributed by atoms with E-state index in [1.165, 1.54) is 24.9 Å². The Balaban J connectivity index is 0.000000164. The van der Waals surface area contributed by atoms with Crippen LogP contribution in [0.5, 0.6) is 0 Å². The third-order valence-electron chi connectivity index (χ3n) is 5.05. The Kier molecular flexibility index (Phi) is 7.59. The van der Waals surface area contributed by atoms with Gasteiger partial charge in [-0.2, -0.15) is 0 Å². The molecule has 0 aliphatic rings. The molecule has 4 aromatic heterocycles. The van der Waals surface area contributed by atoms with Crippen molar-refractivity contribution in [2.75, 3.05) is 0 Å². The Labute approximate surface area is 212 Å². The zero-order chi connectivity index (χ0) is 21.8. The quantitative estimate of drug-likeness (QED) is 0.164. The summed E-state index contributed by atoms with van der Waals surface area (Å²) in [5, 5.41) is 2.67. The van der Waals surface area contributed by atoms with Gasteiger partial charge in [-0.15, -0.1) is 35.9 Å². The van der Waals surface area contributed by atoms with Gasteiger partial charge in [0.05, 0.1) is 0 Å². The van der Waals surface area contributed by atoms with Gasteiger partial charge < -0.3 is 4.98 Å². The second-order valence-electron chi connectivity index (χ2n) is 7.32. The molecule has 0 amide bonds. The molecular formula is C28H19IrN3Se-2. The van der Waals surface area contributed by atoms with E-state index >= 15 is 0 Å². The number of aromatic nitrogens is 3. The number of aryl methyl sites for hydroxylation is 1. The monoisotopic (exact) mass is 670 g/mol. The number of benzene rings is 2. The number of rotatable bonds is 2. The van der Waals surface area contributed by atoms with Crippen LogP contribution in [0.1, 0.15) is 5.56 Å². The van der Waals surface area contributed by atoms with Crippen molar-refractivity contribution in [2.24, 2.45) is 0 Å². The molecule has 0 bridgehead atoms. The number of fused-ring (bicyclic) bond motifs is 3. The molecule has 0 fully saturated rings. The molecule has 0 unspecified atom stereocenters. The third-order valence-corrected chi connectivity index (χ3v) is 7.40. The van der Waals surface area contributed by atoms with Gasteiger partial charge in [-0.05, 0) is 18.2 Å². The molecule has 4 heterocycles. The summed E-state index contributed by atoms with van der Waals surface area (Å²) in [6, 6.07) is 29.8. The normalized spacial score (nSPS) is 10.3. The van der Waals surface area contributed by atoms with E-state index < -0.39 is 0 Å². The van der Waals surface area contributed by atoms with Gasteiger partial charge in [0, 0.05) is 26.3 Å². The van der Waals surface area contributed by atoms with Crippen LogP contribution in [-0.4, -0.2) is 29.5 Å². The third kappa shape index (κ3) is 5.35. The van der Waals surface area contributed by atoms with Crippen LogP contribution in [0.15, 0.2) is 97.5 Å². The Morgan fingerprint density at radius 2 is 1.55 bits per heavy atom. The number of hydrogen-bond acceptors (Lipinski definition) is 3. The van der Waals surface area contributed by atoms with Gasteiger partial charge >= 0.3 is 116 Å². The van der Waals surface area contributed by atoms with Gasteiger partial charge in [0.2, 0.25) is 0 Å². The summed E-state index contributed by atoms with van der Waals surface area (Å²) < 4.78 is 2.81. The summed E-state index contributed by atoms with van der Waals surface area (Å²) in [6.45, 7) is 2.03. The van der Waals surface area contributed by atoms with Gasteiger partial charge in [0.1, 0.15) is 0 Å². The van der Waals surface area contributed by atoms with E-state index in [-0.39, 0.29) is 20.1 Å². The fourth-order valence-corrected chi connectivity index (χ4v) is 5.64. The summed E-state index contributed by atoms with van der Waals surface area (Å²) in [5.74, 6) is 0. The molecule has 0 spiro atoms. The molecule has 33 heavy (non-hydrogen) atoms. The molecule has 0 saturated heterocycles. The van der Waals surface area contributed by atoms with Crippen molar-refractivity contribution in [3.8, 4) is 22.5 Å². The molecule has 1 radical (unpaired) electrons. The minimum atomic E-state index is 0. The fraction of sp³-hybridized carbons (Fsp3) is 0.0357. The Morgan fingerprint density at radius 3 is 2.30 bits per heavy atom. The number of nitrogens with zero attached hydrogens (tertiary/aromatic N) is 3. The van der Waals surface area contributed by atoms with E-state index in [4.69, 9.17) is 0 Å². The molecule has 0 atom stereocenters. The number of pyridine rings is 3. The van der Waals surface area contributed by atoms with Gasteiger partial charge in [-0.1, -0.05) is 12.1 Å². The van der Waals surface area contributed by atoms with Crippen LogP contribution in [-0.2, 0) is 20.1 Å². The van der Waals surface area contributed by atoms with Crippen molar-refractivity contribution in [1.82, 2.24) is 15.0 Å². The average Bonchev–Trinajstić information content (AvgIpc) is 3.24. The van der Waals surface area contributed by atoms with Gasteiger partial charge in [-0.3, -0.25) is 0 Å². The zero-order valence-corrected chi connectivity index (χ0v) is 21.9. The second kappa shape index (κ2) is 10.8. The van der Waals surface area contributed by atoms with Crippen LogP contribution in [0.4, 0.5) is 0 Å². The minimum absolute atomic E-state index is 0. The SMILES string of the molecule is Cc1ccc(-c2[c-]cccc2)nc1.[Ir].[c-]1ncccc1-c1cc2c(cn1)[se]c1ccccc12. The molecule has 2 aromatic carbocycles. The molecular weight excluding hydrogens is 650 g/mol. The predicted octanol–water partition coefficient (Wildman–Crippen LogP) is 6.16. The molecule has 0 saturated carbocycles. The van der Waals surface area contributed by atoms with Crippen molar-refractivity contribution >= 4 is 33.8 Å². The summed E-state index contributed by atoms with van der Waals surface area (Å²) in [6.07, 6.45) is 8.60. The first-order chi connectivity index (χ1) is 15.8. The predicted molar refractivity (Wildman–Crippen MR) is 132 cm³/mol. The molecule has 6 rings (SSSR count). The molecule has 163 valence electrons. The van der Waals surface area contributed by atoms with Gasteiger partial charge in [-0.25, -0.2) is 0 Å². The van der Waals surface area contributed by atoms with Crippen molar-refractivity contribution in [3.63, 3.8) is 0 Å². The van der Waals surface area contributed by atoms with Crippen LogP contribution in [0.2, 0.25) is 0 Å². The van der Waals surface area contributed by atoms with E-state index in [1.54, 1.807) is 6.20 Å². The topological polar surface area (TPSA) is 38.7 Å². The number of hydrogen-bond donors (Lipinski definition) is 0. The molecule has 3 nitrogen and oxygen atoms in total. The summed E-state index contributed by atoms with van der Waals surface area (Å²) in [5.41, 5.74) is 5.09. The van der Waals surface area contributed by atoms with Crippen LogP contribution >= 0.6 is 0 Å². The Hall–Kier alpha value is -2.94. The molecule has 5 heteroatoms. The van der Waals surface area contributed by atoms with Crippen molar-refractivity contribution < 1.29 is 20.1 Å². The molecule has 0 aliphatic heterocycles. The maximum absolute atomic E-state index is 4.55. The summed E-state index contributed by atoms with van der Waals surface area (Å²) >= 11 is 0.385. The van der Waals surface area contributed by atoms with Gasteiger partial charge in [0.15, 0.2) is 0 Å².